The second-order valence-corrected chi connectivity index (χ2v) is 5.32. The van der Waals surface area contributed by atoms with E-state index in [9.17, 15) is 9.18 Å². The van der Waals surface area contributed by atoms with Gasteiger partial charge in [0.15, 0.2) is 0 Å². The molecule has 110 valence electrons. The molecule has 0 radical (unpaired) electrons. The fraction of sp³-hybridized carbons (Fsp3) is 0.333. The van der Waals surface area contributed by atoms with E-state index in [4.69, 9.17) is 5.73 Å². The van der Waals surface area contributed by atoms with E-state index in [1.807, 2.05) is 11.7 Å². The lowest BCUT2D eigenvalue weighted by atomic mass is 9.92. The van der Waals surface area contributed by atoms with E-state index < -0.39 is 5.82 Å². The Balaban J connectivity index is 1.84. The molecule has 5 nitrogen and oxygen atoms in total. The number of nitrogens with two attached hydrogens (primary N) is 1. The first-order valence-corrected chi connectivity index (χ1v) is 6.93. The standard InChI is InChI=1S/C15H17FN4O/c1-20-14-4-2-3-13(11(14)8-18-20)19-15(21)10-7-9(16)5-6-12(10)17/h5-8,13H,2-4,17H2,1H3,(H,19,21). The summed E-state index contributed by atoms with van der Waals surface area (Å²) < 4.78 is 15.1. The molecule has 0 saturated heterocycles. The molecule has 1 amide bonds. The van der Waals surface area contributed by atoms with E-state index in [1.54, 1.807) is 6.20 Å². The molecule has 1 heterocycles. The Hall–Kier alpha value is -2.37. The summed E-state index contributed by atoms with van der Waals surface area (Å²) in [5.41, 5.74) is 8.37. The van der Waals surface area contributed by atoms with E-state index in [2.05, 4.69) is 10.4 Å². The number of hydrogen-bond acceptors (Lipinski definition) is 3. The van der Waals surface area contributed by atoms with Crippen molar-refractivity contribution in [3.63, 3.8) is 0 Å². The van der Waals surface area contributed by atoms with Gasteiger partial charge in [0.2, 0.25) is 0 Å². The molecule has 1 unspecified atom stereocenters. The number of rotatable bonds is 2. The predicted molar refractivity (Wildman–Crippen MR) is 77.2 cm³/mol. The number of amides is 1. The first-order valence-electron chi connectivity index (χ1n) is 6.93. The number of carbonyl (C=O) groups excluding carboxylic acids is 1. The number of nitrogens with zero attached hydrogens (tertiary/aromatic N) is 2. The van der Waals surface area contributed by atoms with Crippen LogP contribution in [0.3, 0.4) is 0 Å². The highest BCUT2D eigenvalue weighted by atomic mass is 19.1. The molecule has 0 bridgehead atoms. The first kappa shape index (κ1) is 13.6. The van der Waals surface area contributed by atoms with Crippen molar-refractivity contribution in [2.45, 2.75) is 25.3 Å². The molecule has 0 saturated carbocycles. The fourth-order valence-electron chi connectivity index (χ4n) is 2.82. The van der Waals surface area contributed by atoms with Crippen molar-refractivity contribution in [2.75, 3.05) is 5.73 Å². The van der Waals surface area contributed by atoms with Crippen LogP contribution in [0.1, 0.15) is 40.5 Å². The quantitative estimate of drug-likeness (QED) is 0.830. The molecular formula is C15H17FN4O. The summed E-state index contributed by atoms with van der Waals surface area (Å²) in [6.07, 6.45) is 4.57. The number of benzene rings is 1. The van der Waals surface area contributed by atoms with Crippen LogP contribution >= 0.6 is 0 Å². The van der Waals surface area contributed by atoms with Gasteiger partial charge in [-0.3, -0.25) is 9.48 Å². The molecule has 0 aliphatic heterocycles. The Morgan fingerprint density at radius 2 is 2.33 bits per heavy atom. The van der Waals surface area contributed by atoms with Crippen LogP contribution in [0, 0.1) is 5.82 Å². The number of aromatic nitrogens is 2. The number of nitrogen functional groups attached to an aromatic ring is 1. The van der Waals surface area contributed by atoms with Crippen LogP contribution in [0.2, 0.25) is 0 Å². The average molecular weight is 288 g/mol. The van der Waals surface area contributed by atoms with Crippen molar-refractivity contribution in [1.82, 2.24) is 15.1 Å². The molecule has 3 rings (SSSR count). The van der Waals surface area contributed by atoms with Crippen LogP contribution in [0.25, 0.3) is 0 Å². The molecule has 21 heavy (non-hydrogen) atoms. The molecule has 2 aromatic rings. The third-order valence-corrected chi connectivity index (χ3v) is 3.94. The van der Waals surface area contributed by atoms with Crippen molar-refractivity contribution >= 4 is 11.6 Å². The zero-order chi connectivity index (χ0) is 15.0. The molecule has 1 aliphatic rings. The van der Waals surface area contributed by atoms with E-state index >= 15 is 0 Å². The Kier molecular flexibility index (Phi) is 3.37. The smallest absolute Gasteiger partial charge is 0.253 e. The van der Waals surface area contributed by atoms with Crippen LogP contribution in [0.4, 0.5) is 10.1 Å². The normalized spacial score (nSPS) is 17.3. The first-order chi connectivity index (χ1) is 10.1. The van der Waals surface area contributed by atoms with Gasteiger partial charge in [-0.2, -0.15) is 5.10 Å². The van der Waals surface area contributed by atoms with Gasteiger partial charge in [-0.1, -0.05) is 0 Å². The number of anilines is 1. The summed E-state index contributed by atoms with van der Waals surface area (Å²) in [7, 11) is 1.90. The van der Waals surface area contributed by atoms with Crippen molar-refractivity contribution < 1.29 is 9.18 Å². The van der Waals surface area contributed by atoms with Crippen LogP contribution in [0.15, 0.2) is 24.4 Å². The van der Waals surface area contributed by atoms with Crippen molar-refractivity contribution in [2.24, 2.45) is 7.05 Å². The number of fused-ring (bicyclic) bond motifs is 1. The second-order valence-electron chi connectivity index (χ2n) is 5.32. The summed E-state index contributed by atoms with van der Waals surface area (Å²) in [5.74, 6) is -0.825. The van der Waals surface area contributed by atoms with Gasteiger partial charge >= 0.3 is 0 Å². The van der Waals surface area contributed by atoms with Gasteiger partial charge in [0.25, 0.3) is 5.91 Å². The number of nitrogens with one attached hydrogen (secondary N) is 1. The zero-order valence-electron chi connectivity index (χ0n) is 11.8. The summed E-state index contributed by atoms with van der Waals surface area (Å²) in [6, 6.07) is 3.71. The van der Waals surface area contributed by atoms with Crippen LogP contribution in [0.5, 0.6) is 0 Å². The molecular weight excluding hydrogens is 271 g/mol. The molecule has 6 heteroatoms. The Labute approximate surface area is 121 Å². The van der Waals surface area contributed by atoms with Crippen molar-refractivity contribution in [3.05, 3.63) is 47.0 Å². The van der Waals surface area contributed by atoms with Gasteiger partial charge in [0.05, 0.1) is 17.8 Å². The van der Waals surface area contributed by atoms with E-state index in [-0.39, 0.29) is 23.2 Å². The number of aryl methyl sites for hydroxylation is 1. The monoisotopic (exact) mass is 288 g/mol. The van der Waals surface area contributed by atoms with Crippen molar-refractivity contribution in [3.8, 4) is 0 Å². The van der Waals surface area contributed by atoms with E-state index in [1.165, 1.54) is 12.1 Å². The number of hydrogen-bond donors (Lipinski definition) is 2. The fourth-order valence-corrected chi connectivity index (χ4v) is 2.82. The summed E-state index contributed by atoms with van der Waals surface area (Å²) in [6.45, 7) is 0. The molecule has 0 fully saturated rings. The van der Waals surface area contributed by atoms with E-state index in [0.717, 1.165) is 36.6 Å². The minimum Gasteiger partial charge on any atom is -0.398 e. The molecule has 1 aromatic carbocycles. The third kappa shape index (κ3) is 2.49. The van der Waals surface area contributed by atoms with Gasteiger partial charge in [-0.25, -0.2) is 4.39 Å². The largest absolute Gasteiger partial charge is 0.398 e. The summed E-state index contributed by atoms with van der Waals surface area (Å²) in [4.78, 5) is 12.3. The molecule has 1 aliphatic carbocycles. The van der Waals surface area contributed by atoms with Gasteiger partial charge in [0, 0.05) is 24.0 Å². The topological polar surface area (TPSA) is 72.9 Å². The lowest BCUT2D eigenvalue weighted by Gasteiger charge is -2.24. The second kappa shape index (κ2) is 5.20. The average Bonchev–Trinajstić information content (AvgIpc) is 2.84. The van der Waals surface area contributed by atoms with Crippen LogP contribution in [-0.4, -0.2) is 15.7 Å². The lowest BCUT2D eigenvalue weighted by Crippen LogP contribution is -2.31. The maximum Gasteiger partial charge on any atom is 0.253 e. The Morgan fingerprint density at radius 3 is 3.14 bits per heavy atom. The van der Waals surface area contributed by atoms with Gasteiger partial charge in [-0.05, 0) is 37.5 Å². The summed E-state index contributed by atoms with van der Waals surface area (Å²) in [5, 5.41) is 7.17. The van der Waals surface area contributed by atoms with Crippen molar-refractivity contribution in [1.29, 1.82) is 0 Å². The highest BCUT2D eigenvalue weighted by Crippen LogP contribution is 2.29. The van der Waals surface area contributed by atoms with Gasteiger partial charge in [-0.15, -0.1) is 0 Å². The molecule has 1 aromatic heterocycles. The minimum atomic E-state index is -0.472. The molecule has 1 atom stereocenters. The van der Waals surface area contributed by atoms with Crippen LogP contribution < -0.4 is 11.1 Å². The number of carbonyl (C=O) groups is 1. The number of halogens is 1. The minimum absolute atomic E-state index is 0.0994. The maximum atomic E-state index is 13.3. The zero-order valence-corrected chi connectivity index (χ0v) is 11.8. The predicted octanol–water partition coefficient (Wildman–Crippen LogP) is 1.95. The lowest BCUT2D eigenvalue weighted by molar-refractivity contribution is 0.0933. The highest BCUT2D eigenvalue weighted by molar-refractivity contribution is 5.99. The third-order valence-electron chi connectivity index (χ3n) is 3.94. The van der Waals surface area contributed by atoms with Gasteiger partial charge < -0.3 is 11.1 Å². The molecule has 0 spiro atoms. The Morgan fingerprint density at radius 1 is 1.52 bits per heavy atom. The Bertz CT molecular complexity index is 695. The van der Waals surface area contributed by atoms with Crippen LogP contribution in [-0.2, 0) is 13.5 Å². The highest BCUT2D eigenvalue weighted by Gasteiger charge is 2.25. The summed E-state index contributed by atoms with van der Waals surface area (Å²) >= 11 is 0. The van der Waals surface area contributed by atoms with E-state index in [0.29, 0.717) is 0 Å². The maximum absolute atomic E-state index is 13.3. The van der Waals surface area contributed by atoms with Gasteiger partial charge in [0.1, 0.15) is 5.82 Å². The SMILES string of the molecule is Cn1ncc2c1CCCC2NC(=O)c1cc(F)ccc1N. The molecule has 3 N–H and O–H groups in total.